The summed E-state index contributed by atoms with van der Waals surface area (Å²) in [6.45, 7) is 0.681. The number of anilines is 1. The fourth-order valence-electron chi connectivity index (χ4n) is 3.55. The van der Waals surface area contributed by atoms with Gasteiger partial charge in [0.25, 0.3) is 0 Å². The molecule has 0 fully saturated rings. The molecule has 1 aromatic carbocycles. The van der Waals surface area contributed by atoms with Crippen molar-refractivity contribution in [1.29, 1.82) is 0 Å². The maximum absolute atomic E-state index is 11.1. The number of nitrogens with zero attached hydrogens (tertiary/aromatic N) is 5. The summed E-state index contributed by atoms with van der Waals surface area (Å²) in [6, 6.07) is 9.97. The number of para-hydroxylation sites is 1. The number of fused-ring (bicyclic) bond motifs is 2. The van der Waals surface area contributed by atoms with E-state index < -0.39 is 0 Å². The lowest BCUT2D eigenvalue weighted by Crippen LogP contribution is -2.17. The van der Waals surface area contributed by atoms with Gasteiger partial charge in [-0.05, 0) is 25.0 Å². The van der Waals surface area contributed by atoms with Gasteiger partial charge in [-0.3, -0.25) is 15.0 Å². The van der Waals surface area contributed by atoms with Crippen LogP contribution < -0.4 is 11.2 Å². The molecule has 4 N–H and O–H groups in total. The first kappa shape index (κ1) is 19.7. The zero-order valence-electron chi connectivity index (χ0n) is 16.5. The van der Waals surface area contributed by atoms with Crippen LogP contribution in [0.3, 0.4) is 0 Å². The molecule has 0 aliphatic carbocycles. The number of aromatic nitrogens is 5. The Labute approximate surface area is 172 Å². The molecule has 0 unspecified atom stereocenters. The number of nitrogen functional groups attached to an aromatic ring is 1. The molecule has 3 heterocycles. The Bertz CT molecular complexity index is 1190. The van der Waals surface area contributed by atoms with Crippen LogP contribution in [0.1, 0.15) is 32.1 Å². The number of nitrogens with two attached hydrogens (primary N) is 1. The standard InChI is InChI=1S/C21H23N7O2/c22-20-18-19(15-11-14-7-4-5-8-16(14)23-12-15)26-28(21(18)25-13-24-20)10-6-2-1-3-9-17(29)27-30/h4-5,7-8,11-13,30H,1-3,6,9-10H2,(H,27,29)(H2,22,24,25). The highest BCUT2D eigenvalue weighted by Gasteiger charge is 2.17. The van der Waals surface area contributed by atoms with E-state index in [-0.39, 0.29) is 5.91 Å². The second-order valence-corrected chi connectivity index (χ2v) is 7.15. The van der Waals surface area contributed by atoms with E-state index in [0.29, 0.717) is 24.4 Å². The van der Waals surface area contributed by atoms with Crippen LogP contribution >= 0.6 is 0 Å². The van der Waals surface area contributed by atoms with Gasteiger partial charge in [-0.1, -0.05) is 31.0 Å². The largest absolute Gasteiger partial charge is 0.383 e. The summed E-state index contributed by atoms with van der Waals surface area (Å²) in [5.74, 6) is 0.0401. The van der Waals surface area contributed by atoms with E-state index in [1.807, 2.05) is 35.0 Å². The van der Waals surface area contributed by atoms with E-state index in [1.165, 1.54) is 6.33 Å². The number of hydrogen-bond acceptors (Lipinski definition) is 7. The number of hydrogen-bond donors (Lipinski definition) is 3. The number of pyridine rings is 1. The molecule has 0 spiro atoms. The number of carbonyl (C=O) groups excluding carboxylic acids is 1. The number of amides is 1. The van der Waals surface area contributed by atoms with Crippen LogP contribution in [-0.4, -0.2) is 35.8 Å². The summed E-state index contributed by atoms with van der Waals surface area (Å²) in [4.78, 5) is 24.2. The SMILES string of the molecule is Nc1ncnc2c1c(-c1cnc3ccccc3c1)nn2CCCCCCC(=O)NO. The summed E-state index contributed by atoms with van der Waals surface area (Å²) in [6.07, 6.45) is 7.02. The molecule has 4 rings (SSSR count). The van der Waals surface area contributed by atoms with Gasteiger partial charge in [-0.15, -0.1) is 0 Å². The first-order chi connectivity index (χ1) is 14.7. The molecule has 3 aromatic heterocycles. The van der Waals surface area contributed by atoms with Crippen LogP contribution in [0.2, 0.25) is 0 Å². The Balaban J connectivity index is 1.56. The van der Waals surface area contributed by atoms with E-state index in [1.54, 1.807) is 11.7 Å². The van der Waals surface area contributed by atoms with Gasteiger partial charge in [0.05, 0.1) is 10.9 Å². The molecular weight excluding hydrogens is 382 g/mol. The van der Waals surface area contributed by atoms with Crippen molar-refractivity contribution < 1.29 is 10.0 Å². The number of carbonyl (C=O) groups is 1. The molecule has 0 radical (unpaired) electrons. The van der Waals surface area contributed by atoms with Gasteiger partial charge in [0.1, 0.15) is 17.8 Å². The van der Waals surface area contributed by atoms with Gasteiger partial charge in [0.15, 0.2) is 5.65 Å². The van der Waals surface area contributed by atoms with Gasteiger partial charge in [-0.2, -0.15) is 5.10 Å². The third-order valence-corrected chi connectivity index (χ3v) is 5.07. The van der Waals surface area contributed by atoms with Gasteiger partial charge < -0.3 is 5.73 Å². The summed E-state index contributed by atoms with van der Waals surface area (Å²) < 4.78 is 1.86. The van der Waals surface area contributed by atoms with Crippen molar-refractivity contribution in [3.8, 4) is 11.3 Å². The molecule has 0 bridgehead atoms. The molecule has 1 amide bonds. The second-order valence-electron chi connectivity index (χ2n) is 7.15. The van der Waals surface area contributed by atoms with Gasteiger partial charge in [0, 0.05) is 30.1 Å². The molecule has 9 heteroatoms. The van der Waals surface area contributed by atoms with Crippen LogP contribution in [0.5, 0.6) is 0 Å². The van der Waals surface area contributed by atoms with Gasteiger partial charge in [0.2, 0.25) is 5.91 Å². The molecular formula is C21H23N7O2. The van der Waals surface area contributed by atoms with E-state index in [9.17, 15) is 4.79 Å². The van der Waals surface area contributed by atoms with E-state index in [0.717, 1.165) is 53.2 Å². The van der Waals surface area contributed by atoms with Gasteiger partial charge in [-0.25, -0.2) is 20.1 Å². The highest BCUT2D eigenvalue weighted by atomic mass is 16.5. The van der Waals surface area contributed by atoms with Crippen LogP contribution in [0, 0.1) is 0 Å². The summed E-state index contributed by atoms with van der Waals surface area (Å²) in [7, 11) is 0. The fraction of sp³-hybridized carbons (Fsp3) is 0.286. The lowest BCUT2D eigenvalue weighted by molar-refractivity contribution is -0.129. The van der Waals surface area contributed by atoms with Crippen molar-refractivity contribution >= 4 is 33.7 Å². The monoisotopic (exact) mass is 405 g/mol. The Kier molecular flexibility index (Phi) is 5.80. The quantitative estimate of drug-likeness (QED) is 0.233. The molecule has 9 nitrogen and oxygen atoms in total. The molecule has 154 valence electrons. The lowest BCUT2D eigenvalue weighted by Gasteiger charge is -2.03. The highest BCUT2D eigenvalue weighted by Crippen LogP contribution is 2.31. The van der Waals surface area contributed by atoms with Gasteiger partial charge >= 0.3 is 0 Å². The van der Waals surface area contributed by atoms with Crippen LogP contribution in [0.4, 0.5) is 5.82 Å². The number of nitrogens with one attached hydrogen (secondary N) is 1. The number of aryl methyl sites for hydroxylation is 1. The molecule has 0 saturated heterocycles. The Hall–Kier alpha value is -3.59. The average molecular weight is 405 g/mol. The van der Waals surface area contributed by atoms with Crippen molar-refractivity contribution in [2.24, 2.45) is 0 Å². The first-order valence-corrected chi connectivity index (χ1v) is 9.92. The second kappa shape index (κ2) is 8.83. The third-order valence-electron chi connectivity index (χ3n) is 5.07. The molecule has 30 heavy (non-hydrogen) atoms. The predicted molar refractivity (Wildman–Crippen MR) is 113 cm³/mol. The number of rotatable bonds is 8. The van der Waals surface area contributed by atoms with E-state index >= 15 is 0 Å². The summed E-state index contributed by atoms with van der Waals surface area (Å²) >= 11 is 0. The van der Waals surface area contributed by atoms with Crippen molar-refractivity contribution in [2.75, 3.05) is 5.73 Å². The van der Waals surface area contributed by atoms with Crippen molar-refractivity contribution in [3.63, 3.8) is 0 Å². The minimum Gasteiger partial charge on any atom is -0.383 e. The predicted octanol–water partition coefficient (Wildman–Crippen LogP) is 3.08. The van der Waals surface area contributed by atoms with Crippen molar-refractivity contribution in [1.82, 2.24) is 30.2 Å². The average Bonchev–Trinajstić information content (AvgIpc) is 3.15. The first-order valence-electron chi connectivity index (χ1n) is 9.92. The Morgan fingerprint density at radius 1 is 1.10 bits per heavy atom. The fourth-order valence-corrected chi connectivity index (χ4v) is 3.55. The minimum absolute atomic E-state index is 0.323. The molecule has 0 aliphatic rings. The van der Waals surface area contributed by atoms with Crippen molar-refractivity contribution in [3.05, 3.63) is 42.9 Å². The molecule has 4 aromatic rings. The highest BCUT2D eigenvalue weighted by molar-refractivity contribution is 5.99. The molecule has 0 aliphatic heterocycles. The maximum Gasteiger partial charge on any atom is 0.243 e. The normalized spacial score (nSPS) is 11.2. The van der Waals surface area contributed by atoms with Crippen molar-refractivity contribution in [2.45, 2.75) is 38.6 Å². The Morgan fingerprint density at radius 2 is 1.93 bits per heavy atom. The molecule has 0 atom stereocenters. The molecule has 0 saturated carbocycles. The Morgan fingerprint density at radius 3 is 2.80 bits per heavy atom. The smallest absolute Gasteiger partial charge is 0.243 e. The zero-order chi connectivity index (χ0) is 20.9. The summed E-state index contributed by atoms with van der Waals surface area (Å²) in [5, 5.41) is 15.1. The number of unbranched alkanes of at least 4 members (excludes halogenated alkanes) is 3. The summed E-state index contributed by atoms with van der Waals surface area (Å²) in [5.41, 5.74) is 11.0. The van der Waals surface area contributed by atoms with Crippen LogP contribution in [0.25, 0.3) is 33.2 Å². The third kappa shape index (κ3) is 4.06. The number of hydroxylamine groups is 1. The maximum atomic E-state index is 11.1. The number of benzene rings is 1. The van der Waals surface area contributed by atoms with E-state index in [4.69, 9.17) is 16.0 Å². The van der Waals surface area contributed by atoms with Crippen LogP contribution in [-0.2, 0) is 11.3 Å². The van der Waals surface area contributed by atoms with E-state index in [2.05, 4.69) is 15.0 Å². The topological polar surface area (TPSA) is 132 Å². The van der Waals surface area contributed by atoms with Crippen LogP contribution in [0.15, 0.2) is 42.9 Å². The minimum atomic E-state index is -0.353. The lowest BCUT2D eigenvalue weighted by atomic mass is 10.1. The zero-order valence-corrected chi connectivity index (χ0v) is 16.5.